The lowest BCUT2D eigenvalue weighted by Crippen LogP contribution is -2.37. The van der Waals surface area contributed by atoms with Crippen molar-refractivity contribution < 1.29 is 23.9 Å². The van der Waals surface area contributed by atoms with Crippen LogP contribution in [0.25, 0.3) is 10.2 Å². The minimum Gasteiger partial charge on any atom is -0.494 e. The van der Waals surface area contributed by atoms with E-state index in [1.54, 1.807) is 36.3 Å². The second kappa shape index (κ2) is 9.15. The summed E-state index contributed by atoms with van der Waals surface area (Å²) in [7, 11) is 1.60. The third-order valence-corrected chi connectivity index (χ3v) is 7.41. The largest absolute Gasteiger partial charge is 0.494 e. The van der Waals surface area contributed by atoms with Crippen LogP contribution in [0.15, 0.2) is 36.4 Å². The van der Waals surface area contributed by atoms with Crippen molar-refractivity contribution in [1.82, 2.24) is 4.98 Å². The SMILES string of the molecule is COc1ccc(C)c2sc(N(CC3CCCO3)C(=O)c3cccc(N4C(=O)CCC4=O)c3)nc12. The number of aromatic nitrogens is 1. The highest BCUT2D eigenvalue weighted by atomic mass is 32.1. The highest BCUT2D eigenvalue weighted by Gasteiger charge is 2.32. The van der Waals surface area contributed by atoms with Crippen LogP contribution in [0.2, 0.25) is 0 Å². The molecule has 3 amide bonds. The van der Waals surface area contributed by atoms with Crippen molar-refractivity contribution in [2.24, 2.45) is 0 Å². The lowest BCUT2D eigenvalue weighted by molar-refractivity contribution is -0.121. The predicted molar refractivity (Wildman–Crippen MR) is 130 cm³/mol. The molecule has 0 bridgehead atoms. The summed E-state index contributed by atoms with van der Waals surface area (Å²) >= 11 is 1.44. The molecule has 1 atom stereocenters. The van der Waals surface area contributed by atoms with E-state index >= 15 is 0 Å². The molecule has 0 radical (unpaired) electrons. The first-order valence-electron chi connectivity index (χ1n) is 11.3. The van der Waals surface area contributed by atoms with Gasteiger partial charge in [-0.3, -0.25) is 24.2 Å². The molecule has 3 aromatic rings. The zero-order valence-electron chi connectivity index (χ0n) is 19.1. The number of carbonyl (C=O) groups excluding carboxylic acids is 3. The molecule has 2 fully saturated rings. The van der Waals surface area contributed by atoms with E-state index in [2.05, 4.69) is 0 Å². The number of rotatable bonds is 6. The van der Waals surface area contributed by atoms with Crippen LogP contribution >= 0.6 is 11.3 Å². The number of thiazole rings is 1. The summed E-state index contributed by atoms with van der Waals surface area (Å²) in [5.41, 5.74) is 2.56. The summed E-state index contributed by atoms with van der Waals surface area (Å²) in [5, 5.41) is 0.557. The number of benzene rings is 2. The van der Waals surface area contributed by atoms with E-state index in [0.29, 0.717) is 35.3 Å². The van der Waals surface area contributed by atoms with Gasteiger partial charge in [-0.15, -0.1) is 0 Å². The van der Waals surface area contributed by atoms with Gasteiger partial charge in [-0.2, -0.15) is 0 Å². The van der Waals surface area contributed by atoms with Crippen molar-refractivity contribution >= 4 is 50.1 Å². The van der Waals surface area contributed by atoms with Gasteiger partial charge in [0.15, 0.2) is 5.13 Å². The maximum absolute atomic E-state index is 13.8. The van der Waals surface area contributed by atoms with Crippen LogP contribution < -0.4 is 14.5 Å². The minimum atomic E-state index is -0.257. The summed E-state index contributed by atoms with van der Waals surface area (Å²) in [6, 6.07) is 10.5. The molecule has 1 aromatic heterocycles. The normalized spacial score (nSPS) is 18.2. The fourth-order valence-corrected chi connectivity index (χ4v) is 5.48. The Hall–Kier alpha value is -3.30. The predicted octanol–water partition coefficient (Wildman–Crippen LogP) is 4.09. The van der Waals surface area contributed by atoms with Gasteiger partial charge in [-0.05, 0) is 49.6 Å². The van der Waals surface area contributed by atoms with E-state index in [1.807, 2.05) is 19.1 Å². The first-order chi connectivity index (χ1) is 16.5. The van der Waals surface area contributed by atoms with E-state index in [1.165, 1.54) is 11.3 Å². The molecule has 3 heterocycles. The van der Waals surface area contributed by atoms with Crippen molar-refractivity contribution in [2.45, 2.75) is 38.7 Å². The molecule has 5 rings (SSSR count). The summed E-state index contributed by atoms with van der Waals surface area (Å²) in [5.74, 6) is -0.105. The Morgan fingerprint density at radius 2 is 2.03 bits per heavy atom. The number of anilines is 2. The molecule has 2 aliphatic heterocycles. The van der Waals surface area contributed by atoms with Crippen LogP contribution in [0.1, 0.15) is 41.6 Å². The summed E-state index contributed by atoms with van der Waals surface area (Å²) < 4.78 is 12.3. The Morgan fingerprint density at radius 3 is 2.74 bits per heavy atom. The van der Waals surface area contributed by atoms with Gasteiger partial charge >= 0.3 is 0 Å². The number of methoxy groups -OCH3 is 1. The number of imide groups is 1. The van der Waals surface area contributed by atoms with Gasteiger partial charge < -0.3 is 9.47 Å². The van der Waals surface area contributed by atoms with E-state index in [4.69, 9.17) is 14.5 Å². The van der Waals surface area contributed by atoms with Crippen LogP contribution in [-0.4, -0.2) is 49.1 Å². The fourth-order valence-electron chi connectivity index (χ4n) is 4.42. The quantitative estimate of drug-likeness (QED) is 0.495. The van der Waals surface area contributed by atoms with Gasteiger partial charge in [0.05, 0.1) is 30.1 Å². The van der Waals surface area contributed by atoms with E-state index in [-0.39, 0.29) is 36.7 Å². The van der Waals surface area contributed by atoms with Crippen molar-refractivity contribution in [3.8, 4) is 5.75 Å². The van der Waals surface area contributed by atoms with Crippen molar-refractivity contribution in [3.63, 3.8) is 0 Å². The molecular weight excluding hydrogens is 454 g/mol. The number of hydrogen-bond donors (Lipinski definition) is 0. The molecule has 0 saturated carbocycles. The number of amides is 3. The zero-order chi connectivity index (χ0) is 23.8. The molecule has 8 nitrogen and oxygen atoms in total. The molecule has 0 N–H and O–H groups in total. The second-order valence-electron chi connectivity index (χ2n) is 8.48. The van der Waals surface area contributed by atoms with Crippen LogP contribution in [0.4, 0.5) is 10.8 Å². The number of nitrogens with zero attached hydrogens (tertiary/aromatic N) is 3. The Balaban J connectivity index is 1.54. The number of ether oxygens (including phenoxy) is 2. The summed E-state index contributed by atoms with van der Waals surface area (Å²) in [4.78, 5) is 45.8. The summed E-state index contributed by atoms with van der Waals surface area (Å²) in [6.45, 7) is 3.05. The Bertz CT molecular complexity index is 1260. The third kappa shape index (κ3) is 4.05. The van der Waals surface area contributed by atoms with Crippen LogP contribution in [-0.2, 0) is 14.3 Å². The maximum atomic E-state index is 13.8. The molecule has 1 unspecified atom stereocenters. The molecule has 9 heteroatoms. The topological polar surface area (TPSA) is 89.0 Å². The number of hydrogen-bond acceptors (Lipinski definition) is 7. The molecule has 2 aromatic carbocycles. The number of carbonyl (C=O) groups is 3. The molecule has 2 aliphatic rings. The number of aryl methyl sites for hydroxylation is 1. The minimum absolute atomic E-state index is 0.0797. The molecule has 34 heavy (non-hydrogen) atoms. The van der Waals surface area contributed by atoms with E-state index in [0.717, 1.165) is 33.5 Å². The monoisotopic (exact) mass is 479 g/mol. The van der Waals surface area contributed by atoms with Gasteiger partial charge in [0.2, 0.25) is 11.8 Å². The molecule has 0 aliphatic carbocycles. The number of fused-ring (bicyclic) bond motifs is 1. The zero-order valence-corrected chi connectivity index (χ0v) is 19.9. The van der Waals surface area contributed by atoms with Crippen LogP contribution in [0.3, 0.4) is 0 Å². The van der Waals surface area contributed by atoms with Crippen LogP contribution in [0.5, 0.6) is 5.75 Å². The van der Waals surface area contributed by atoms with E-state index < -0.39 is 0 Å². The molecule has 0 spiro atoms. The average Bonchev–Trinajstić information content (AvgIpc) is 3.58. The van der Waals surface area contributed by atoms with Gasteiger partial charge in [0.1, 0.15) is 11.3 Å². The molecular formula is C25H25N3O5S. The standard InChI is InChI=1S/C25H25N3O5S/c1-15-8-9-19(32-2)22-23(15)34-25(26-22)27(14-18-7-4-12-33-18)24(31)16-5-3-6-17(13-16)28-20(29)10-11-21(28)30/h3,5-6,8-9,13,18H,4,7,10-12,14H2,1-2H3. The lowest BCUT2D eigenvalue weighted by atomic mass is 10.1. The van der Waals surface area contributed by atoms with Gasteiger partial charge in [0, 0.05) is 25.0 Å². The van der Waals surface area contributed by atoms with Crippen LogP contribution in [0, 0.1) is 6.92 Å². The van der Waals surface area contributed by atoms with Crippen molar-refractivity contribution in [3.05, 3.63) is 47.5 Å². The smallest absolute Gasteiger partial charge is 0.260 e. The van der Waals surface area contributed by atoms with Crippen molar-refractivity contribution in [2.75, 3.05) is 30.1 Å². The fraction of sp³-hybridized carbons (Fsp3) is 0.360. The molecule has 176 valence electrons. The van der Waals surface area contributed by atoms with Gasteiger partial charge in [0.25, 0.3) is 5.91 Å². The van der Waals surface area contributed by atoms with Crippen molar-refractivity contribution in [1.29, 1.82) is 0 Å². The maximum Gasteiger partial charge on any atom is 0.260 e. The molecule has 2 saturated heterocycles. The first-order valence-corrected chi connectivity index (χ1v) is 12.1. The van der Waals surface area contributed by atoms with Gasteiger partial charge in [-0.1, -0.05) is 23.5 Å². The Kier molecular flexibility index (Phi) is 6.05. The second-order valence-corrected chi connectivity index (χ2v) is 9.46. The summed E-state index contributed by atoms with van der Waals surface area (Å²) in [6.07, 6.45) is 2.12. The Labute approximate surface area is 201 Å². The average molecular weight is 480 g/mol. The highest BCUT2D eigenvalue weighted by molar-refractivity contribution is 7.22. The lowest BCUT2D eigenvalue weighted by Gasteiger charge is -2.23. The third-order valence-electron chi connectivity index (χ3n) is 6.20. The van der Waals surface area contributed by atoms with Gasteiger partial charge in [-0.25, -0.2) is 4.98 Å². The first kappa shape index (κ1) is 22.5. The van der Waals surface area contributed by atoms with E-state index in [9.17, 15) is 14.4 Å². The highest BCUT2D eigenvalue weighted by Crippen LogP contribution is 2.37. The Morgan fingerprint density at radius 1 is 1.24 bits per heavy atom.